The van der Waals surface area contributed by atoms with Gasteiger partial charge in [-0.3, -0.25) is 0 Å². The Kier molecular flexibility index (Phi) is 3.42. The molecule has 1 N–H and O–H groups in total. The standard InChI is InChI=1S/C9H16F3NO/c1-3-8(4-2)6-14-7(5-13-8)9(10,11)12/h7,13H,3-6H2,1-2H3. The number of nitrogens with one attached hydrogen (secondary N) is 1. The van der Waals surface area contributed by atoms with Crippen molar-refractivity contribution in [1.29, 1.82) is 0 Å². The predicted octanol–water partition coefficient (Wildman–Crippen LogP) is 2.10. The molecule has 1 unspecified atom stereocenters. The van der Waals surface area contributed by atoms with Crippen molar-refractivity contribution in [2.75, 3.05) is 13.2 Å². The van der Waals surface area contributed by atoms with E-state index in [-0.39, 0.29) is 18.7 Å². The van der Waals surface area contributed by atoms with Gasteiger partial charge in [0.2, 0.25) is 0 Å². The SMILES string of the molecule is CCC1(CC)COC(C(F)(F)F)CN1. The fourth-order valence-electron chi connectivity index (χ4n) is 1.59. The van der Waals surface area contributed by atoms with Gasteiger partial charge in [0, 0.05) is 12.1 Å². The van der Waals surface area contributed by atoms with Crippen LogP contribution in [0.2, 0.25) is 0 Å². The third-order valence-electron chi connectivity index (χ3n) is 2.94. The maximum Gasteiger partial charge on any atom is 0.415 e. The Morgan fingerprint density at radius 1 is 1.36 bits per heavy atom. The third kappa shape index (κ3) is 2.39. The lowest BCUT2D eigenvalue weighted by atomic mass is 9.92. The highest BCUT2D eigenvalue weighted by Gasteiger charge is 2.45. The van der Waals surface area contributed by atoms with Gasteiger partial charge in [0.15, 0.2) is 6.10 Å². The summed E-state index contributed by atoms with van der Waals surface area (Å²) in [6, 6.07) is 0. The molecule has 14 heavy (non-hydrogen) atoms. The van der Waals surface area contributed by atoms with Crippen LogP contribution < -0.4 is 5.32 Å². The van der Waals surface area contributed by atoms with E-state index in [1.165, 1.54) is 0 Å². The minimum Gasteiger partial charge on any atom is -0.366 e. The van der Waals surface area contributed by atoms with Crippen molar-refractivity contribution in [2.45, 2.75) is 44.5 Å². The first-order valence-electron chi connectivity index (χ1n) is 4.87. The summed E-state index contributed by atoms with van der Waals surface area (Å²) in [5.41, 5.74) is -0.262. The molecule has 5 heteroatoms. The van der Waals surface area contributed by atoms with Crippen molar-refractivity contribution >= 4 is 0 Å². The molecule has 1 heterocycles. The second-order valence-corrected chi connectivity index (χ2v) is 3.71. The van der Waals surface area contributed by atoms with E-state index in [0.29, 0.717) is 0 Å². The molecule has 0 aromatic heterocycles. The van der Waals surface area contributed by atoms with Gasteiger partial charge in [-0.05, 0) is 12.8 Å². The van der Waals surface area contributed by atoms with Crippen LogP contribution in [0.4, 0.5) is 13.2 Å². The molecule has 0 aromatic rings. The molecule has 0 radical (unpaired) electrons. The Balaban J connectivity index is 2.53. The Labute approximate surface area is 81.8 Å². The van der Waals surface area contributed by atoms with E-state index in [1.54, 1.807) is 0 Å². The first kappa shape index (κ1) is 11.8. The summed E-state index contributed by atoms with van der Waals surface area (Å²) in [5.74, 6) is 0. The topological polar surface area (TPSA) is 21.3 Å². The molecule has 0 aliphatic carbocycles. The summed E-state index contributed by atoms with van der Waals surface area (Å²) >= 11 is 0. The molecule has 1 atom stereocenters. The van der Waals surface area contributed by atoms with Crippen molar-refractivity contribution in [2.24, 2.45) is 0 Å². The first-order chi connectivity index (χ1) is 6.43. The second kappa shape index (κ2) is 4.06. The maximum absolute atomic E-state index is 12.2. The fraction of sp³-hybridized carbons (Fsp3) is 1.00. The van der Waals surface area contributed by atoms with Crippen molar-refractivity contribution in [3.63, 3.8) is 0 Å². The summed E-state index contributed by atoms with van der Waals surface area (Å²) in [4.78, 5) is 0. The summed E-state index contributed by atoms with van der Waals surface area (Å²) < 4.78 is 41.6. The molecule has 1 fully saturated rings. The number of halogens is 3. The molecule has 84 valence electrons. The van der Waals surface area contributed by atoms with E-state index in [9.17, 15) is 13.2 Å². The molecule has 0 saturated carbocycles. The number of hydrogen-bond acceptors (Lipinski definition) is 2. The molecule has 0 bridgehead atoms. The van der Waals surface area contributed by atoms with E-state index >= 15 is 0 Å². The molecule has 1 aliphatic heterocycles. The highest BCUT2D eigenvalue weighted by molar-refractivity contribution is 4.91. The molecule has 2 nitrogen and oxygen atoms in total. The average Bonchev–Trinajstić information content (AvgIpc) is 2.16. The zero-order valence-electron chi connectivity index (χ0n) is 8.45. The zero-order valence-corrected chi connectivity index (χ0v) is 8.45. The highest BCUT2D eigenvalue weighted by Crippen LogP contribution is 2.28. The van der Waals surface area contributed by atoms with Gasteiger partial charge in [-0.15, -0.1) is 0 Å². The number of hydrogen-bond donors (Lipinski definition) is 1. The number of morpholine rings is 1. The van der Waals surface area contributed by atoms with Crippen molar-refractivity contribution < 1.29 is 17.9 Å². The Bertz CT molecular complexity index is 179. The number of rotatable bonds is 2. The van der Waals surface area contributed by atoms with Gasteiger partial charge in [-0.25, -0.2) is 0 Å². The van der Waals surface area contributed by atoms with Gasteiger partial charge in [-0.2, -0.15) is 13.2 Å². The largest absolute Gasteiger partial charge is 0.415 e. The van der Waals surface area contributed by atoms with Crippen LogP contribution in [0, 0.1) is 0 Å². The molecular weight excluding hydrogens is 195 g/mol. The normalized spacial score (nSPS) is 27.6. The molecule has 1 rings (SSSR count). The van der Waals surface area contributed by atoms with Crippen LogP contribution in [0.3, 0.4) is 0 Å². The van der Waals surface area contributed by atoms with Crippen LogP contribution in [0.15, 0.2) is 0 Å². The van der Waals surface area contributed by atoms with Gasteiger partial charge >= 0.3 is 6.18 Å². The lowest BCUT2D eigenvalue weighted by molar-refractivity contribution is -0.235. The Morgan fingerprint density at radius 3 is 2.21 bits per heavy atom. The molecule has 0 aromatic carbocycles. The molecule has 1 saturated heterocycles. The van der Waals surface area contributed by atoms with Gasteiger partial charge in [0.05, 0.1) is 6.61 Å². The molecule has 1 aliphatic rings. The van der Waals surface area contributed by atoms with Gasteiger partial charge in [-0.1, -0.05) is 13.8 Å². The Hall–Kier alpha value is -0.290. The van der Waals surface area contributed by atoms with E-state index in [1.807, 2.05) is 13.8 Å². The maximum atomic E-state index is 12.2. The quantitative estimate of drug-likeness (QED) is 0.755. The van der Waals surface area contributed by atoms with Crippen molar-refractivity contribution in [3.8, 4) is 0 Å². The first-order valence-corrected chi connectivity index (χ1v) is 4.87. The average molecular weight is 211 g/mol. The summed E-state index contributed by atoms with van der Waals surface area (Å²) in [6.45, 7) is 3.91. The smallest absolute Gasteiger partial charge is 0.366 e. The van der Waals surface area contributed by atoms with E-state index in [2.05, 4.69) is 5.32 Å². The van der Waals surface area contributed by atoms with Gasteiger partial charge in [0.1, 0.15) is 0 Å². The summed E-state index contributed by atoms with van der Waals surface area (Å²) in [7, 11) is 0. The number of ether oxygens (including phenoxy) is 1. The lowest BCUT2D eigenvalue weighted by Gasteiger charge is -2.40. The van der Waals surface area contributed by atoms with Crippen LogP contribution in [-0.2, 0) is 4.74 Å². The minimum absolute atomic E-state index is 0.134. The van der Waals surface area contributed by atoms with E-state index in [4.69, 9.17) is 4.74 Å². The highest BCUT2D eigenvalue weighted by atomic mass is 19.4. The summed E-state index contributed by atoms with van der Waals surface area (Å²) in [5, 5.41) is 2.94. The monoisotopic (exact) mass is 211 g/mol. The molecule has 0 amide bonds. The zero-order chi connectivity index (χ0) is 10.8. The number of alkyl halides is 3. The van der Waals surface area contributed by atoms with Crippen LogP contribution in [0.25, 0.3) is 0 Å². The Morgan fingerprint density at radius 2 is 1.93 bits per heavy atom. The van der Waals surface area contributed by atoms with Crippen molar-refractivity contribution in [1.82, 2.24) is 5.32 Å². The second-order valence-electron chi connectivity index (χ2n) is 3.71. The van der Waals surface area contributed by atoms with Crippen LogP contribution >= 0.6 is 0 Å². The molecular formula is C9H16F3NO. The predicted molar refractivity (Wildman–Crippen MR) is 47.1 cm³/mol. The summed E-state index contributed by atoms with van der Waals surface area (Å²) in [6.07, 6.45) is -4.32. The van der Waals surface area contributed by atoms with E-state index in [0.717, 1.165) is 12.8 Å². The fourth-order valence-corrected chi connectivity index (χ4v) is 1.59. The van der Waals surface area contributed by atoms with E-state index < -0.39 is 12.3 Å². The lowest BCUT2D eigenvalue weighted by Crippen LogP contribution is -2.59. The van der Waals surface area contributed by atoms with Gasteiger partial charge < -0.3 is 10.1 Å². The molecule has 0 spiro atoms. The minimum atomic E-state index is -4.25. The van der Waals surface area contributed by atoms with Crippen LogP contribution in [0.5, 0.6) is 0 Å². The van der Waals surface area contributed by atoms with Gasteiger partial charge in [0.25, 0.3) is 0 Å². The third-order valence-corrected chi connectivity index (χ3v) is 2.94. The van der Waals surface area contributed by atoms with Crippen molar-refractivity contribution in [3.05, 3.63) is 0 Å². The van der Waals surface area contributed by atoms with Crippen LogP contribution in [0.1, 0.15) is 26.7 Å². The van der Waals surface area contributed by atoms with Crippen LogP contribution in [-0.4, -0.2) is 31.0 Å².